The van der Waals surface area contributed by atoms with E-state index < -0.39 is 30.4 Å². The van der Waals surface area contributed by atoms with Crippen molar-refractivity contribution in [2.45, 2.75) is 12.7 Å². The third-order valence-corrected chi connectivity index (χ3v) is 3.27. The van der Waals surface area contributed by atoms with Gasteiger partial charge in [-0.2, -0.15) is 13.2 Å². The number of amides is 2. The van der Waals surface area contributed by atoms with Crippen molar-refractivity contribution < 1.29 is 27.2 Å². The van der Waals surface area contributed by atoms with Crippen molar-refractivity contribution in [2.24, 2.45) is 0 Å². The Morgan fingerprint density at radius 1 is 1.00 bits per heavy atom. The Morgan fingerprint density at radius 2 is 1.65 bits per heavy atom. The van der Waals surface area contributed by atoms with E-state index in [1.807, 2.05) is 0 Å². The molecule has 2 N–H and O–H groups in total. The average molecular weight is 366 g/mol. The lowest BCUT2D eigenvalue weighted by atomic mass is 10.1. The molecular weight excluding hydrogens is 352 g/mol. The number of carbonyl (C=O) groups excluding carboxylic acids is 2. The van der Waals surface area contributed by atoms with E-state index >= 15 is 0 Å². The average Bonchev–Trinajstić information content (AvgIpc) is 2.59. The van der Waals surface area contributed by atoms with E-state index in [-0.39, 0.29) is 5.69 Å². The van der Waals surface area contributed by atoms with Crippen LogP contribution in [-0.2, 0) is 16.1 Å². The molecule has 0 aliphatic carbocycles. The predicted octanol–water partition coefficient (Wildman–Crippen LogP) is 3.66. The molecule has 136 valence electrons. The molecule has 0 radical (unpaired) electrons. The Bertz CT molecular complexity index is 815. The van der Waals surface area contributed by atoms with Crippen molar-refractivity contribution in [1.82, 2.24) is 5.32 Å². The van der Waals surface area contributed by atoms with Gasteiger partial charge in [-0.25, -0.2) is 4.39 Å². The fraction of sp³-hybridized carbons (Fsp3) is 0.111. The molecule has 2 aromatic rings. The number of rotatable bonds is 5. The van der Waals surface area contributed by atoms with Gasteiger partial charge >= 0.3 is 12.1 Å². The summed E-state index contributed by atoms with van der Waals surface area (Å²) >= 11 is 0. The Labute approximate surface area is 146 Å². The van der Waals surface area contributed by atoms with Crippen LogP contribution in [0, 0.1) is 5.82 Å². The Hall–Kier alpha value is -3.16. The van der Waals surface area contributed by atoms with Crippen LogP contribution in [0.25, 0.3) is 6.08 Å². The van der Waals surface area contributed by atoms with Crippen LogP contribution < -0.4 is 10.6 Å². The summed E-state index contributed by atoms with van der Waals surface area (Å²) < 4.78 is 49.5. The number of carbonyl (C=O) groups is 2. The van der Waals surface area contributed by atoms with Crippen LogP contribution in [0.4, 0.5) is 23.2 Å². The summed E-state index contributed by atoms with van der Waals surface area (Å²) in [5, 5.41) is 4.27. The first-order valence-electron chi connectivity index (χ1n) is 7.43. The van der Waals surface area contributed by atoms with Gasteiger partial charge < -0.3 is 10.6 Å². The second-order valence-electron chi connectivity index (χ2n) is 5.21. The van der Waals surface area contributed by atoms with Gasteiger partial charge in [0.25, 0.3) is 0 Å². The highest BCUT2D eigenvalue weighted by Gasteiger charge is 2.38. The molecule has 4 nitrogen and oxygen atoms in total. The minimum Gasteiger partial charge on any atom is -0.344 e. The van der Waals surface area contributed by atoms with Gasteiger partial charge in [-0.3, -0.25) is 9.59 Å². The molecule has 0 unspecified atom stereocenters. The second-order valence-corrected chi connectivity index (χ2v) is 5.21. The van der Waals surface area contributed by atoms with E-state index in [2.05, 4.69) is 5.32 Å². The number of benzene rings is 2. The lowest BCUT2D eigenvalue weighted by Gasteiger charge is -2.12. The highest BCUT2D eigenvalue weighted by Crippen LogP contribution is 2.18. The van der Waals surface area contributed by atoms with Gasteiger partial charge in [0, 0.05) is 18.3 Å². The molecule has 0 aromatic heterocycles. The summed E-state index contributed by atoms with van der Waals surface area (Å²) in [6.07, 6.45) is -2.31. The molecule has 0 atom stereocenters. The van der Waals surface area contributed by atoms with Crippen LogP contribution in [0.1, 0.15) is 11.1 Å². The largest absolute Gasteiger partial charge is 0.471 e. The second kappa shape index (κ2) is 8.28. The third kappa shape index (κ3) is 5.73. The van der Waals surface area contributed by atoms with E-state index in [9.17, 15) is 27.2 Å². The molecule has 26 heavy (non-hydrogen) atoms. The number of hydrogen-bond acceptors (Lipinski definition) is 2. The summed E-state index contributed by atoms with van der Waals surface area (Å²) in [7, 11) is 0. The zero-order chi connectivity index (χ0) is 19.2. The summed E-state index contributed by atoms with van der Waals surface area (Å²) in [4.78, 5) is 22.9. The van der Waals surface area contributed by atoms with Crippen molar-refractivity contribution in [3.05, 3.63) is 71.6 Å². The van der Waals surface area contributed by atoms with Gasteiger partial charge in [-0.15, -0.1) is 0 Å². The topological polar surface area (TPSA) is 58.2 Å². The summed E-state index contributed by atoms with van der Waals surface area (Å²) in [6, 6.07) is 11.6. The van der Waals surface area contributed by atoms with Crippen LogP contribution in [0.2, 0.25) is 0 Å². The first-order chi connectivity index (χ1) is 12.3. The van der Waals surface area contributed by atoms with Crippen molar-refractivity contribution in [3.63, 3.8) is 0 Å². The Morgan fingerprint density at radius 3 is 2.31 bits per heavy atom. The van der Waals surface area contributed by atoms with Gasteiger partial charge in [0.2, 0.25) is 5.91 Å². The van der Waals surface area contributed by atoms with Gasteiger partial charge in [-0.05, 0) is 35.4 Å². The molecule has 0 fully saturated rings. The van der Waals surface area contributed by atoms with E-state index in [1.54, 1.807) is 17.4 Å². The van der Waals surface area contributed by atoms with Crippen LogP contribution in [0.3, 0.4) is 0 Å². The molecule has 0 spiro atoms. The first-order valence-corrected chi connectivity index (χ1v) is 7.43. The van der Waals surface area contributed by atoms with Crippen molar-refractivity contribution >= 4 is 23.6 Å². The van der Waals surface area contributed by atoms with E-state index in [0.717, 1.165) is 0 Å². The lowest BCUT2D eigenvalue weighted by molar-refractivity contribution is -0.173. The van der Waals surface area contributed by atoms with E-state index in [0.29, 0.717) is 11.1 Å². The number of alkyl halides is 3. The SMILES string of the molecule is O=C(/C=C/c1ccc(F)cc1)Nc1ccccc1CNC(=O)C(F)(F)F. The predicted molar refractivity (Wildman–Crippen MR) is 88.4 cm³/mol. The normalized spacial score (nSPS) is 11.4. The van der Waals surface area contributed by atoms with E-state index in [1.165, 1.54) is 48.6 Å². The zero-order valence-corrected chi connectivity index (χ0v) is 13.3. The van der Waals surface area contributed by atoms with Gasteiger partial charge in [0.1, 0.15) is 5.82 Å². The highest BCUT2D eigenvalue weighted by atomic mass is 19.4. The van der Waals surface area contributed by atoms with Crippen LogP contribution >= 0.6 is 0 Å². The fourth-order valence-electron chi connectivity index (χ4n) is 1.99. The van der Waals surface area contributed by atoms with Crippen molar-refractivity contribution in [3.8, 4) is 0 Å². The molecule has 0 aliphatic rings. The highest BCUT2D eigenvalue weighted by molar-refractivity contribution is 6.02. The summed E-state index contributed by atoms with van der Waals surface area (Å²) in [5.74, 6) is -2.99. The Balaban J connectivity index is 2.01. The monoisotopic (exact) mass is 366 g/mol. The van der Waals surface area contributed by atoms with Gasteiger partial charge in [0.05, 0.1) is 0 Å². The fourth-order valence-corrected chi connectivity index (χ4v) is 1.99. The lowest BCUT2D eigenvalue weighted by Crippen LogP contribution is -2.36. The minimum atomic E-state index is -4.98. The molecule has 2 rings (SSSR count). The quantitative estimate of drug-likeness (QED) is 0.627. The molecule has 0 heterocycles. The maximum Gasteiger partial charge on any atom is 0.471 e. The smallest absolute Gasteiger partial charge is 0.344 e. The zero-order valence-electron chi connectivity index (χ0n) is 13.3. The maximum atomic E-state index is 12.8. The number of halogens is 4. The van der Waals surface area contributed by atoms with Gasteiger partial charge in [0.15, 0.2) is 0 Å². The number of anilines is 1. The van der Waals surface area contributed by atoms with Crippen molar-refractivity contribution in [1.29, 1.82) is 0 Å². The molecule has 2 aromatic carbocycles. The number of nitrogens with one attached hydrogen (secondary N) is 2. The molecule has 0 saturated heterocycles. The standard InChI is InChI=1S/C18H14F4N2O2/c19-14-8-5-12(6-9-14)7-10-16(25)24-15-4-2-1-3-13(15)11-23-17(26)18(20,21)22/h1-10H,11H2,(H,23,26)(H,24,25)/b10-7+. The first kappa shape index (κ1) is 19.2. The van der Waals surface area contributed by atoms with Crippen LogP contribution in [0.15, 0.2) is 54.6 Å². The number of hydrogen-bond donors (Lipinski definition) is 2. The molecule has 0 bridgehead atoms. The number of para-hydroxylation sites is 1. The minimum absolute atomic E-state index is 0.267. The molecule has 0 aliphatic heterocycles. The maximum absolute atomic E-state index is 12.8. The van der Waals surface area contributed by atoms with Crippen LogP contribution in [-0.4, -0.2) is 18.0 Å². The Kier molecular flexibility index (Phi) is 6.11. The van der Waals surface area contributed by atoms with Gasteiger partial charge in [-0.1, -0.05) is 30.3 Å². The van der Waals surface area contributed by atoms with E-state index in [4.69, 9.17) is 0 Å². The molecule has 8 heteroatoms. The van der Waals surface area contributed by atoms with Crippen molar-refractivity contribution in [2.75, 3.05) is 5.32 Å². The van der Waals surface area contributed by atoms with Crippen LogP contribution in [0.5, 0.6) is 0 Å². The third-order valence-electron chi connectivity index (χ3n) is 3.27. The summed E-state index contributed by atoms with van der Waals surface area (Å²) in [5.41, 5.74) is 1.18. The molecule has 0 saturated carbocycles. The molecular formula is C18H14F4N2O2. The summed E-state index contributed by atoms with van der Waals surface area (Å²) in [6.45, 7) is -0.392. The molecule has 2 amide bonds.